The largest absolute Gasteiger partial charge is 0.367 e. The molecule has 0 aromatic carbocycles. The molecule has 2 aliphatic rings. The summed E-state index contributed by atoms with van der Waals surface area (Å²) in [5, 5.41) is 4.07. The molecule has 4 heteroatoms. The Kier molecular flexibility index (Phi) is 1.37. The van der Waals surface area contributed by atoms with Crippen molar-refractivity contribution in [1.82, 2.24) is 10.1 Å². The van der Waals surface area contributed by atoms with E-state index >= 15 is 0 Å². The first kappa shape index (κ1) is 8.29. The molecule has 0 unspecified atom stereocenters. The third-order valence-electron chi connectivity index (χ3n) is 3.43. The average molecular weight is 193 g/mol. The Balaban J connectivity index is 2.05. The van der Waals surface area contributed by atoms with E-state index in [4.69, 9.17) is 10.3 Å². The van der Waals surface area contributed by atoms with Gasteiger partial charge in [-0.3, -0.25) is 4.90 Å². The molecule has 1 aromatic heterocycles. The van der Waals surface area contributed by atoms with Gasteiger partial charge in [0.1, 0.15) is 5.69 Å². The SMILES string of the molecule is CC1(C)c2noc(N)c2CN1C1CC1. The molecule has 1 aliphatic heterocycles. The van der Waals surface area contributed by atoms with E-state index in [9.17, 15) is 0 Å². The quantitative estimate of drug-likeness (QED) is 0.733. The normalized spacial score (nSPS) is 25.3. The van der Waals surface area contributed by atoms with Crippen molar-refractivity contribution in [3.8, 4) is 0 Å². The van der Waals surface area contributed by atoms with Gasteiger partial charge in [-0.1, -0.05) is 5.16 Å². The van der Waals surface area contributed by atoms with Crippen molar-refractivity contribution in [2.75, 3.05) is 5.73 Å². The number of nitrogens with zero attached hydrogens (tertiary/aromatic N) is 2. The number of aromatic nitrogens is 1. The van der Waals surface area contributed by atoms with Gasteiger partial charge in [-0.05, 0) is 26.7 Å². The standard InChI is InChI=1S/C10H15N3O/c1-10(2)8-7(9(11)14-12-8)5-13(10)6-3-4-6/h6H,3-5,11H2,1-2H3. The van der Waals surface area contributed by atoms with Crippen LogP contribution in [0.5, 0.6) is 0 Å². The monoisotopic (exact) mass is 193 g/mol. The first-order chi connectivity index (χ1) is 6.60. The Morgan fingerprint density at radius 1 is 1.50 bits per heavy atom. The highest BCUT2D eigenvalue weighted by molar-refractivity contribution is 5.45. The molecule has 1 fully saturated rings. The predicted molar refractivity (Wildman–Crippen MR) is 52.5 cm³/mol. The van der Waals surface area contributed by atoms with E-state index in [2.05, 4.69) is 23.9 Å². The maximum absolute atomic E-state index is 5.74. The molecule has 0 saturated heterocycles. The molecule has 0 radical (unpaired) electrons. The maximum atomic E-state index is 5.74. The summed E-state index contributed by atoms with van der Waals surface area (Å²) in [6, 6.07) is 0.735. The summed E-state index contributed by atoms with van der Waals surface area (Å²) >= 11 is 0. The summed E-state index contributed by atoms with van der Waals surface area (Å²) in [5.41, 5.74) is 7.87. The average Bonchev–Trinajstić information content (AvgIpc) is 2.82. The molecule has 1 saturated carbocycles. The van der Waals surface area contributed by atoms with Gasteiger partial charge in [0.25, 0.3) is 0 Å². The topological polar surface area (TPSA) is 55.3 Å². The number of fused-ring (bicyclic) bond motifs is 1. The lowest BCUT2D eigenvalue weighted by Gasteiger charge is -2.30. The highest BCUT2D eigenvalue weighted by Crippen LogP contribution is 2.46. The van der Waals surface area contributed by atoms with Gasteiger partial charge in [0, 0.05) is 12.6 Å². The second kappa shape index (κ2) is 2.31. The van der Waals surface area contributed by atoms with Crippen LogP contribution >= 0.6 is 0 Å². The van der Waals surface area contributed by atoms with Crippen LogP contribution in [0.4, 0.5) is 5.88 Å². The van der Waals surface area contributed by atoms with Gasteiger partial charge in [0.2, 0.25) is 5.88 Å². The van der Waals surface area contributed by atoms with Crippen molar-refractivity contribution in [3.63, 3.8) is 0 Å². The zero-order valence-electron chi connectivity index (χ0n) is 8.58. The van der Waals surface area contributed by atoms with E-state index in [0.29, 0.717) is 5.88 Å². The smallest absolute Gasteiger partial charge is 0.226 e. The van der Waals surface area contributed by atoms with Crippen LogP contribution in [0.15, 0.2) is 4.52 Å². The molecule has 4 nitrogen and oxygen atoms in total. The van der Waals surface area contributed by atoms with Crippen molar-refractivity contribution < 1.29 is 4.52 Å². The third-order valence-corrected chi connectivity index (χ3v) is 3.43. The van der Waals surface area contributed by atoms with Crippen LogP contribution < -0.4 is 5.73 Å². The van der Waals surface area contributed by atoms with E-state index < -0.39 is 0 Å². The Bertz CT molecular complexity index is 379. The summed E-state index contributed by atoms with van der Waals surface area (Å²) in [6.45, 7) is 5.29. The third kappa shape index (κ3) is 0.892. The minimum absolute atomic E-state index is 0.00236. The molecular formula is C10H15N3O. The van der Waals surface area contributed by atoms with E-state index in [1.807, 2.05) is 0 Å². The first-order valence-electron chi connectivity index (χ1n) is 5.12. The summed E-state index contributed by atoms with van der Waals surface area (Å²) in [7, 11) is 0. The zero-order valence-corrected chi connectivity index (χ0v) is 8.58. The maximum Gasteiger partial charge on any atom is 0.226 e. The molecule has 1 aromatic rings. The first-order valence-corrected chi connectivity index (χ1v) is 5.12. The lowest BCUT2D eigenvalue weighted by atomic mass is 10.0. The van der Waals surface area contributed by atoms with E-state index in [1.54, 1.807) is 0 Å². The van der Waals surface area contributed by atoms with E-state index in [1.165, 1.54) is 12.8 Å². The fourth-order valence-corrected chi connectivity index (χ4v) is 2.43. The van der Waals surface area contributed by atoms with Gasteiger partial charge in [0.15, 0.2) is 0 Å². The molecule has 2 N–H and O–H groups in total. The number of anilines is 1. The van der Waals surface area contributed by atoms with Crippen LogP contribution in [0.3, 0.4) is 0 Å². The minimum Gasteiger partial charge on any atom is -0.367 e. The molecule has 0 spiro atoms. The molecule has 0 bridgehead atoms. The van der Waals surface area contributed by atoms with Crippen molar-refractivity contribution in [2.45, 2.75) is 44.8 Å². The predicted octanol–water partition coefficient (Wildman–Crippen LogP) is 1.47. The second-order valence-electron chi connectivity index (χ2n) is 4.79. The van der Waals surface area contributed by atoms with Gasteiger partial charge in [-0.2, -0.15) is 0 Å². The van der Waals surface area contributed by atoms with Crippen LogP contribution in [0, 0.1) is 0 Å². The lowest BCUT2D eigenvalue weighted by Crippen LogP contribution is -2.37. The molecule has 1 aliphatic carbocycles. The Morgan fingerprint density at radius 3 is 2.79 bits per heavy atom. The lowest BCUT2D eigenvalue weighted by molar-refractivity contribution is 0.117. The van der Waals surface area contributed by atoms with Gasteiger partial charge >= 0.3 is 0 Å². The van der Waals surface area contributed by atoms with E-state index in [-0.39, 0.29) is 5.54 Å². The Morgan fingerprint density at radius 2 is 2.21 bits per heavy atom. The van der Waals surface area contributed by atoms with E-state index in [0.717, 1.165) is 23.8 Å². The Hall–Kier alpha value is -1.03. The van der Waals surface area contributed by atoms with Crippen molar-refractivity contribution in [1.29, 1.82) is 0 Å². The van der Waals surface area contributed by atoms with Gasteiger partial charge in [0.05, 0.1) is 11.1 Å². The molecule has 0 amide bonds. The van der Waals surface area contributed by atoms with Gasteiger partial charge in [-0.25, -0.2) is 0 Å². The van der Waals surface area contributed by atoms with Crippen molar-refractivity contribution in [3.05, 3.63) is 11.3 Å². The van der Waals surface area contributed by atoms with Gasteiger partial charge < -0.3 is 10.3 Å². The Labute approximate surface area is 83.0 Å². The highest BCUT2D eigenvalue weighted by Gasteiger charge is 2.48. The fraction of sp³-hybridized carbons (Fsp3) is 0.700. The van der Waals surface area contributed by atoms with Crippen LogP contribution in [-0.4, -0.2) is 16.1 Å². The van der Waals surface area contributed by atoms with Crippen LogP contribution in [0.25, 0.3) is 0 Å². The molecule has 2 heterocycles. The summed E-state index contributed by atoms with van der Waals surface area (Å²) in [4.78, 5) is 2.48. The number of rotatable bonds is 1. The molecule has 14 heavy (non-hydrogen) atoms. The summed E-state index contributed by atoms with van der Waals surface area (Å²) in [5.74, 6) is 0.497. The molecular weight excluding hydrogens is 178 g/mol. The van der Waals surface area contributed by atoms with Crippen LogP contribution in [-0.2, 0) is 12.1 Å². The number of hydrogen-bond acceptors (Lipinski definition) is 4. The van der Waals surface area contributed by atoms with Crippen molar-refractivity contribution in [2.24, 2.45) is 0 Å². The van der Waals surface area contributed by atoms with Crippen LogP contribution in [0.2, 0.25) is 0 Å². The molecule has 3 rings (SSSR count). The number of nitrogens with two attached hydrogens (primary N) is 1. The molecule has 76 valence electrons. The minimum atomic E-state index is -0.00236. The van der Waals surface area contributed by atoms with Gasteiger partial charge in [-0.15, -0.1) is 0 Å². The highest BCUT2D eigenvalue weighted by atomic mass is 16.5. The zero-order chi connectivity index (χ0) is 9.92. The number of hydrogen-bond donors (Lipinski definition) is 1. The second-order valence-corrected chi connectivity index (χ2v) is 4.79. The van der Waals surface area contributed by atoms with Crippen molar-refractivity contribution >= 4 is 5.88 Å². The van der Waals surface area contributed by atoms with Crippen LogP contribution in [0.1, 0.15) is 37.9 Å². The molecule has 0 atom stereocenters. The number of nitrogen functional groups attached to an aromatic ring is 1. The fourth-order valence-electron chi connectivity index (χ4n) is 2.43. The summed E-state index contributed by atoms with van der Waals surface area (Å²) in [6.07, 6.45) is 2.62. The summed E-state index contributed by atoms with van der Waals surface area (Å²) < 4.78 is 5.02.